The Kier molecular flexibility index (Phi) is 4.19. The first-order chi connectivity index (χ1) is 12.2. The van der Waals surface area contributed by atoms with E-state index in [-0.39, 0.29) is 30.6 Å². The molecular weight excluding hydrogens is 318 g/mol. The van der Waals surface area contributed by atoms with Crippen LogP contribution in [0.1, 0.15) is 5.56 Å². The van der Waals surface area contributed by atoms with Gasteiger partial charge in [0, 0.05) is 31.2 Å². The van der Waals surface area contributed by atoms with Gasteiger partial charge < -0.3 is 14.5 Å². The summed E-state index contributed by atoms with van der Waals surface area (Å²) in [5.41, 5.74) is 1.74. The number of benzene rings is 1. The summed E-state index contributed by atoms with van der Waals surface area (Å²) in [6, 6.07) is 13.2. The highest BCUT2D eigenvalue weighted by atomic mass is 16.5. The number of amides is 2. The Morgan fingerprint density at radius 1 is 1.16 bits per heavy atom. The molecule has 2 aliphatic heterocycles. The van der Waals surface area contributed by atoms with Crippen LogP contribution in [0.2, 0.25) is 0 Å². The molecule has 2 fully saturated rings. The van der Waals surface area contributed by atoms with Gasteiger partial charge in [0.05, 0.1) is 18.6 Å². The van der Waals surface area contributed by atoms with Crippen LogP contribution in [-0.4, -0.2) is 53.5 Å². The molecule has 1 aromatic carbocycles. The zero-order valence-corrected chi connectivity index (χ0v) is 13.7. The maximum atomic E-state index is 12.6. The summed E-state index contributed by atoms with van der Waals surface area (Å²) in [5, 5.41) is 0. The van der Waals surface area contributed by atoms with Crippen molar-refractivity contribution in [1.82, 2.24) is 9.88 Å². The van der Waals surface area contributed by atoms with E-state index in [1.165, 1.54) is 0 Å². The van der Waals surface area contributed by atoms with Crippen molar-refractivity contribution in [3.63, 3.8) is 0 Å². The molecule has 0 aliphatic carbocycles. The Bertz CT molecular complexity index is 766. The Hall–Kier alpha value is -2.73. The molecule has 0 unspecified atom stereocenters. The first kappa shape index (κ1) is 15.8. The van der Waals surface area contributed by atoms with Crippen LogP contribution in [0, 0.1) is 0 Å². The van der Waals surface area contributed by atoms with Gasteiger partial charge in [-0.05, 0) is 23.8 Å². The fraction of sp³-hybridized carbons (Fsp3) is 0.316. The van der Waals surface area contributed by atoms with Gasteiger partial charge in [-0.3, -0.25) is 14.6 Å². The molecule has 2 saturated heterocycles. The number of likely N-dealkylation sites (tertiary alicyclic amines) is 1. The van der Waals surface area contributed by atoms with Gasteiger partial charge >= 0.3 is 0 Å². The summed E-state index contributed by atoms with van der Waals surface area (Å²) in [6.45, 7) is 1.06. The topological polar surface area (TPSA) is 62.7 Å². The van der Waals surface area contributed by atoms with Crippen molar-refractivity contribution in [2.45, 2.75) is 18.6 Å². The van der Waals surface area contributed by atoms with Gasteiger partial charge in [-0.1, -0.05) is 24.3 Å². The number of carbonyl (C=O) groups is 2. The van der Waals surface area contributed by atoms with Crippen LogP contribution in [0.5, 0.6) is 0 Å². The molecule has 0 saturated carbocycles. The van der Waals surface area contributed by atoms with Gasteiger partial charge in [0.2, 0.25) is 5.91 Å². The van der Waals surface area contributed by atoms with E-state index >= 15 is 0 Å². The van der Waals surface area contributed by atoms with Gasteiger partial charge in [-0.25, -0.2) is 0 Å². The Morgan fingerprint density at radius 3 is 2.76 bits per heavy atom. The van der Waals surface area contributed by atoms with Gasteiger partial charge in [-0.2, -0.15) is 0 Å². The van der Waals surface area contributed by atoms with E-state index in [1.807, 2.05) is 42.5 Å². The lowest BCUT2D eigenvalue weighted by atomic mass is 10.1. The Morgan fingerprint density at radius 2 is 2.00 bits per heavy atom. The highest BCUT2D eigenvalue weighted by Crippen LogP contribution is 2.28. The number of rotatable bonds is 3. The molecule has 2 aromatic rings. The number of fused-ring (bicyclic) bond motifs is 1. The van der Waals surface area contributed by atoms with Crippen LogP contribution in [0.4, 0.5) is 5.69 Å². The van der Waals surface area contributed by atoms with E-state index < -0.39 is 0 Å². The second-order valence-electron chi connectivity index (χ2n) is 6.35. The van der Waals surface area contributed by atoms with Crippen molar-refractivity contribution in [3.8, 4) is 0 Å². The van der Waals surface area contributed by atoms with Crippen LogP contribution in [0.15, 0.2) is 54.9 Å². The average molecular weight is 337 g/mol. The Balaban J connectivity index is 1.51. The van der Waals surface area contributed by atoms with Crippen molar-refractivity contribution in [2.24, 2.45) is 0 Å². The zero-order chi connectivity index (χ0) is 17.2. The lowest BCUT2D eigenvalue weighted by Gasteiger charge is -2.36. The first-order valence-electron chi connectivity index (χ1n) is 8.38. The molecule has 3 heterocycles. The first-order valence-corrected chi connectivity index (χ1v) is 8.38. The zero-order valence-electron chi connectivity index (χ0n) is 13.7. The number of anilines is 1. The summed E-state index contributed by atoms with van der Waals surface area (Å²) >= 11 is 0. The van der Waals surface area contributed by atoms with Crippen molar-refractivity contribution in [2.75, 3.05) is 24.6 Å². The molecule has 0 radical (unpaired) electrons. The lowest BCUT2D eigenvalue weighted by molar-refractivity contribution is -0.130. The van der Waals surface area contributed by atoms with Crippen LogP contribution in [-0.2, 0) is 20.7 Å². The number of ether oxygens (including phenoxy) is 1. The molecule has 2 atom stereocenters. The number of pyridine rings is 1. The maximum absolute atomic E-state index is 12.6. The second kappa shape index (κ2) is 6.64. The van der Waals surface area contributed by atoms with Crippen LogP contribution in [0.3, 0.4) is 0 Å². The maximum Gasteiger partial charge on any atom is 0.253 e. The smallest absolute Gasteiger partial charge is 0.253 e. The minimum Gasteiger partial charge on any atom is -0.364 e. The third kappa shape index (κ3) is 3.13. The molecule has 6 heteroatoms. The minimum absolute atomic E-state index is 0.0338. The summed E-state index contributed by atoms with van der Waals surface area (Å²) in [6.07, 6.45) is 3.56. The third-order valence-corrected chi connectivity index (χ3v) is 4.72. The van der Waals surface area contributed by atoms with E-state index in [9.17, 15) is 9.59 Å². The second-order valence-corrected chi connectivity index (χ2v) is 6.35. The van der Waals surface area contributed by atoms with E-state index in [0.29, 0.717) is 19.5 Å². The number of nitrogens with zero attached hydrogens (tertiary/aromatic N) is 3. The summed E-state index contributed by atoms with van der Waals surface area (Å²) < 4.78 is 5.70. The largest absolute Gasteiger partial charge is 0.364 e. The number of hydrogen-bond donors (Lipinski definition) is 0. The summed E-state index contributed by atoms with van der Waals surface area (Å²) in [7, 11) is 0. The molecule has 2 amide bonds. The number of morpholine rings is 1. The van der Waals surface area contributed by atoms with Gasteiger partial charge in [-0.15, -0.1) is 0 Å². The van der Waals surface area contributed by atoms with Crippen LogP contribution >= 0.6 is 0 Å². The molecule has 25 heavy (non-hydrogen) atoms. The molecule has 4 rings (SSSR count). The fourth-order valence-corrected chi connectivity index (χ4v) is 3.52. The van der Waals surface area contributed by atoms with Crippen molar-refractivity contribution in [3.05, 3.63) is 60.4 Å². The molecule has 6 nitrogen and oxygen atoms in total. The molecular formula is C19H19N3O3. The number of para-hydroxylation sites is 1. The van der Waals surface area contributed by atoms with Crippen molar-refractivity contribution in [1.29, 1.82) is 0 Å². The van der Waals surface area contributed by atoms with E-state index in [1.54, 1.807) is 22.2 Å². The molecule has 0 spiro atoms. The minimum atomic E-state index is -0.143. The number of aromatic nitrogens is 1. The predicted molar refractivity (Wildman–Crippen MR) is 92.0 cm³/mol. The molecule has 128 valence electrons. The highest BCUT2D eigenvalue weighted by Gasteiger charge is 2.45. The fourth-order valence-electron chi connectivity index (χ4n) is 3.52. The molecule has 1 aromatic heterocycles. The van der Waals surface area contributed by atoms with E-state index in [2.05, 4.69) is 4.98 Å². The lowest BCUT2D eigenvalue weighted by Crippen LogP contribution is -2.54. The van der Waals surface area contributed by atoms with Crippen LogP contribution in [0.25, 0.3) is 0 Å². The number of hydrogen-bond acceptors (Lipinski definition) is 4. The number of carbonyl (C=O) groups excluding carboxylic acids is 2. The van der Waals surface area contributed by atoms with E-state index in [0.717, 1.165) is 11.3 Å². The predicted octanol–water partition coefficient (Wildman–Crippen LogP) is 1.27. The monoisotopic (exact) mass is 337 g/mol. The van der Waals surface area contributed by atoms with Crippen molar-refractivity contribution >= 4 is 17.5 Å². The van der Waals surface area contributed by atoms with Gasteiger partial charge in [0.25, 0.3) is 5.91 Å². The van der Waals surface area contributed by atoms with Crippen LogP contribution < -0.4 is 4.90 Å². The van der Waals surface area contributed by atoms with Crippen molar-refractivity contribution < 1.29 is 14.3 Å². The SMILES string of the molecule is O=C(Cc1cccnc1)N1C[C@@H]2OCC(=O)N(c3ccccc3)[C@H]2C1. The normalized spacial score (nSPS) is 22.8. The van der Waals surface area contributed by atoms with Gasteiger partial charge in [0.1, 0.15) is 6.61 Å². The summed E-state index contributed by atoms with van der Waals surface area (Å²) in [5.74, 6) is -0.0273. The quantitative estimate of drug-likeness (QED) is 0.846. The van der Waals surface area contributed by atoms with E-state index in [4.69, 9.17) is 4.74 Å². The van der Waals surface area contributed by atoms with Gasteiger partial charge in [0.15, 0.2) is 0 Å². The summed E-state index contributed by atoms with van der Waals surface area (Å²) in [4.78, 5) is 32.6. The molecule has 0 bridgehead atoms. The third-order valence-electron chi connectivity index (χ3n) is 4.72. The molecule has 0 N–H and O–H groups in total. The highest BCUT2D eigenvalue weighted by molar-refractivity contribution is 5.96. The Labute approximate surface area is 146 Å². The molecule has 2 aliphatic rings. The average Bonchev–Trinajstić information content (AvgIpc) is 3.07. The standard InChI is InChI=1S/C19H19N3O3/c23-18(9-14-5-4-8-20-10-14)21-11-16-17(12-21)25-13-19(24)22(16)15-6-2-1-3-7-15/h1-8,10,16-17H,9,11-13H2/t16-,17-/m0/s1.